The standard InChI is InChI=1S/C10H7N3O/c1-7-10(14-6-13-7)9-2-8(3-11)4-12-5-9/h2,4-6H,1H3. The maximum Gasteiger partial charge on any atom is 0.181 e. The van der Waals surface area contributed by atoms with Gasteiger partial charge in [-0.3, -0.25) is 4.98 Å². The van der Waals surface area contributed by atoms with E-state index in [-0.39, 0.29) is 0 Å². The average Bonchev–Trinajstić information content (AvgIpc) is 2.65. The molecule has 0 radical (unpaired) electrons. The number of pyridine rings is 1. The molecule has 2 rings (SSSR count). The lowest BCUT2D eigenvalue weighted by Gasteiger charge is -1.96. The maximum atomic E-state index is 8.69. The fraction of sp³-hybridized carbons (Fsp3) is 0.100. The first kappa shape index (κ1) is 8.45. The summed E-state index contributed by atoms with van der Waals surface area (Å²) in [5.74, 6) is 0.662. The number of aryl methyl sites for hydroxylation is 1. The lowest BCUT2D eigenvalue weighted by Crippen LogP contribution is -1.83. The van der Waals surface area contributed by atoms with Gasteiger partial charge in [0.1, 0.15) is 6.07 Å². The van der Waals surface area contributed by atoms with Crippen LogP contribution in [0.3, 0.4) is 0 Å². The molecule has 0 N–H and O–H groups in total. The van der Waals surface area contributed by atoms with Gasteiger partial charge in [0.2, 0.25) is 0 Å². The Labute approximate surface area is 80.8 Å². The third kappa shape index (κ3) is 1.36. The Balaban J connectivity index is 2.53. The van der Waals surface area contributed by atoms with Crippen LogP contribution in [0.25, 0.3) is 11.3 Å². The Kier molecular flexibility index (Phi) is 1.99. The van der Waals surface area contributed by atoms with E-state index in [1.807, 2.05) is 13.0 Å². The van der Waals surface area contributed by atoms with Crippen LogP contribution in [0.4, 0.5) is 0 Å². The summed E-state index contributed by atoms with van der Waals surface area (Å²) in [6, 6.07) is 3.75. The average molecular weight is 185 g/mol. The maximum absolute atomic E-state index is 8.69. The van der Waals surface area contributed by atoms with E-state index in [1.165, 1.54) is 12.6 Å². The zero-order valence-electron chi connectivity index (χ0n) is 7.56. The second-order valence-electron chi connectivity index (χ2n) is 2.84. The van der Waals surface area contributed by atoms with Crippen LogP contribution in [0.5, 0.6) is 0 Å². The van der Waals surface area contributed by atoms with Crippen LogP contribution >= 0.6 is 0 Å². The van der Waals surface area contributed by atoms with Gasteiger partial charge in [0.05, 0.1) is 11.3 Å². The second-order valence-corrected chi connectivity index (χ2v) is 2.84. The van der Waals surface area contributed by atoms with E-state index in [2.05, 4.69) is 9.97 Å². The highest BCUT2D eigenvalue weighted by molar-refractivity contribution is 5.59. The Morgan fingerprint density at radius 2 is 2.29 bits per heavy atom. The number of aromatic nitrogens is 2. The first-order chi connectivity index (χ1) is 6.81. The van der Waals surface area contributed by atoms with Crippen molar-refractivity contribution in [3.05, 3.63) is 36.1 Å². The molecule has 68 valence electrons. The van der Waals surface area contributed by atoms with Crippen molar-refractivity contribution in [2.75, 3.05) is 0 Å². The molecule has 2 aromatic heterocycles. The first-order valence-corrected chi connectivity index (χ1v) is 4.07. The molecule has 0 saturated heterocycles. The predicted molar refractivity (Wildman–Crippen MR) is 49.2 cm³/mol. The Hall–Kier alpha value is -2.15. The smallest absolute Gasteiger partial charge is 0.181 e. The van der Waals surface area contributed by atoms with Gasteiger partial charge in [0.25, 0.3) is 0 Å². The minimum Gasteiger partial charge on any atom is -0.443 e. The lowest BCUT2D eigenvalue weighted by molar-refractivity contribution is 0.571. The van der Waals surface area contributed by atoms with Crippen molar-refractivity contribution < 1.29 is 4.42 Å². The van der Waals surface area contributed by atoms with Gasteiger partial charge in [-0.05, 0) is 13.0 Å². The van der Waals surface area contributed by atoms with E-state index in [9.17, 15) is 0 Å². The molecule has 2 aromatic rings. The van der Waals surface area contributed by atoms with Gasteiger partial charge in [-0.2, -0.15) is 5.26 Å². The summed E-state index contributed by atoms with van der Waals surface area (Å²) >= 11 is 0. The van der Waals surface area contributed by atoms with Crippen molar-refractivity contribution in [1.82, 2.24) is 9.97 Å². The van der Waals surface area contributed by atoms with Crippen molar-refractivity contribution in [2.24, 2.45) is 0 Å². The molecule has 4 nitrogen and oxygen atoms in total. The lowest BCUT2D eigenvalue weighted by atomic mass is 10.1. The third-order valence-electron chi connectivity index (χ3n) is 1.88. The highest BCUT2D eigenvalue weighted by Crippen LogP contribution is 2.21. The number of hydrogen-bond acceptors (Lipinski definition) is 4. The summed E-state index contributed by atoms with van der Waals surface area (Å²) in [6.07, 6.45) is 4.53. The van der Waals surface area contributed by atoms with E-state index in [1.54, 1.807) is 12.3 Å². The molecule has 0 aliphatic carbocycles. The molecule has 14 heavy (non-hydrogen) atoms. The van der Waals surface area contributed by atoms with Crippen LogP contribution in [-0.2, 0) is 0 Å². The molecule has 0 unspecified atom stereocenters. The van der Waals surface area contributed by atoms with Gasteiger partial charge >= 0.3 is 0 Å². The Morgan fingerprint density at radius 3 is 2.93 bits per heavy atom. The van der Waals surface area contributed by atoms with E-state index in [4.69, 9.17) is 9.68 Å². The summed E-state index contributed by atoms with van der Waals surface area (Å²) in [6.45, 7) is 1.85. The summed E-state index contributed by atoms with van der Waals surface area (Å²) in [4.78, 5) is 7.91. The largest absolute Gasteiger partial charge is 0.443 e. The quantitative estimate of drug-likeness (QED) is 0.680. The summed E-state index contributed by atoms with van der Waals surface area (Å²) in [5, 5.41) is 8.69. The monoisotopic (exact) mass is 185 g/mol. The van der Waals surface area contributed by atoms with E-state index in [0.717, 1.165) is 11.3 Å². The molecule has 4 heteroatoms. The highest BCUT2D eigenvalue weighted by atomic mass is 16.3. The zero-order valence-corrected chi connectivity index (χ0v) is 7.56. The molecule has 0 bridgehead atoms. The van der Waals surface area contributed by atoms with Gasteiger partial charge in [-0.1, -0.05) is 0 Å². The minimum atomic E-state index is 0.512. The minimum absolute atomic E-state index is 0.512. The second kappa shape index (κ2) is 3.30. The summed E-state index contributed by atoms with van der Waals surface area (Å²) < 4.78 is 5.19. The number of hydrogen-bond donors (Lipinski definition) is 0. The van der Waals surface area contributed by atoms with Crippen molar-refractivity contribution in [2.45, 2.75) is 6.92 Å². The van der Waals surface area contributed by atoms with E-state index >= 15 is 0 Å². The van der Waals surface area contributed by atoms with Crippen LogP contribution in [-0.4, -0.2) is 9.97 Å². The molecule has 0 aromatic carbocycles. The fourth-order valence-corrected chi connectivity index (χ4v) is 1.20. The van der Waals surface area contributed by atoms with Crippen LogP contribution in [0.1, 0.15) is 11.3 Å². The molecule has 0 saturated carbocycles. The molecule has 0 amide bonds. The van der Waals surface area contributed by atoms with Crippen molar-refractivity contribution in [3.63, 3.8) is 0 Å². The molecule has 0 aliphatic heterocycles. The van der Waals surface area contributed by atoms with Gasteiger partial charge in [-0.25, -0.2) is 4.98 Å². The van der Waals surface area contributed by atoms with Gasteiger partial charge in [0, 0.05) is 18.0 Å². The first-order valence-electron chi connectivity index (χ1n) is 4.07. The normalized spacial score (nSPS) is 9.71. The summed E-state index contributed by atoms with van der Waals surface area (Å²) in [7, 11) is 0. The molecule has 0 atom stereocenters. The summed E-state index contributed by atoms with van der Waals surface area (Å²) in [5.41, 5.74) is 2.08. The molecule has 0 fully saturated rings. The van der Waals surface area contributed by atoms with Crippen molar-refractivity contribution >= 4 is 0 Å². The number of rotatable bonds is 1. The topological polar surface area (TPSA) is 62.7 Å². The molecular formula is C10H7N3O. The SMILES string of the molecule is Cc1ncoc1-c1cncc(C#N)c1. The van der Waals surface area contributed by atoms with Crippen LogP contribution in [0.2, 0.25) is 0 Å². The van der Waals surface area contributed by atoms with Gasteiger partial charge in [-0.15, -0.1) is 0 Å². The molecule has 0 spiro atoms. The van der Waals surface area contributed by atoms with E-state index < -0.39 is 0 Å². The fourth-order valence-electron chi connectivity index (χ4n) is 1.20. The molecule has 2 heterocycles. The van der Waals surface area contributed by atoms with Crippen LogP contribution < -0.4 is 0 Å². The number of oxazole rings is 1. The third-order valence-corrected chi connectivity index (χ3v) is 1.88. The Morgan fingerprint density at radius 1 is 1.43 bits per heavy atom. The van der Waals surface area contributed by atoms with Crippen molar-refractivity contribution in [1.29, 1.82) is 5.26 Å². The van der Waals surface area contributed by atoms with Gasteiger partial charge in [0.15, 0.2) is 12.2 Å². The zero-order chi connectivity index (χ0) is 9.97. The van der Waals surface area contributed by atoms with Crippen LogP contribution in [0, 0.1) is 18.3 Å². The van der Waals surface area contributed by atoms with Crippen molar-refractivity contribution in [3.8, 4) is 17.4 Å². The Bertz CT molecular complexity index is 496. The molecular weight excluding hydrogens is 178 g/mol. The predicted octanol–water partition coefficient (Wildman–Crippen LogP) is 1.92. The highest BCUT2D eigenvalue weighted by Gasteiger charge is 2.07. The number of nitrogens with zero attached hydrogens (tertiary/aromatic N) is 3. The van der Waals surface area contributed by atoms with Gasteiger partial charge < -0.3 is 4.42 Å². The number of nitriles is 1. The molecule has 0 aliphatic rings. The van der Waals surface area contributed by atoms with Crippen LogP contribution in [0.15, 0.2) is 29.3 Å². The van der Waals surface area contributed by atoms with E-state index in [0.29, 0.717) is 11.3 Å².